The topological polar surface area (TPSA) is 59.2 Å². The van der Waals surface area contributed by atoms with Gasteiger partial charge in [-0.2, -0.15) is 4.98 Å². The Bertz CT molecular complexity index is 771. The van der Waals surface area contributed by atoms with E-state index in [2.05, 4.69) is 10.1 Å². The molecule has 0 saturated carbocycles. The molecule has 3 aromatic rings. The molecule has 0 atom stereocenters. The molecule has 0 unspecified atom stereocenters. The Labute approximate surface area is 124 Å². The summed E-state index contributed by atoms with van der Waals surface area (Å²) in [7, 11) is 0. The van der Waals surface area contributed by atoms with Crippen molar-refractivity contribution in [1.82, 2.24) is 10.1 Å². The van der Waals surface area contributed by atoms with Gasteiger partial charge in [0, 0.05) is 16.1 Å². The van der Waals surface area contributed by atoms with E-state index < -0.39 is 0 Å². The van der Waals surface area contributed by atoms with Gasteiger partial charge in [-0.1, -0.05) is 40.5 Å². The molecule has 4 nitrogen and oxygen atoms in total. The zero-order valence-electron chi connectivity index (χ0n) is 10.0. The van der Waals surface area contributed by atoms with E-state index in [0.717, 1.165) is 5.56 Å². The first-order chi connectivity index (χ1) is 9.63. The van der Waals surface area contributed by atoms with Crippen molar-refractivity contribution in [3.8, 4) is 28.6 Å². The van der Waals surface area contributed by atoms with Gasteiger partial charge in [-0.25, -0.2) is 0 Å². The smallest absolute Gasteiger partial charge is 0.258 e. The standard InChI is InChI=1S/C14H8Cl2N2O2/c15-10-3-1-2-8(6-10)13-17-14(20-18-13)9-4-5-12(19)11(16)7-9/h1-7,19H. The quantitative estimate of drug-likeness (QED) is 0.761. The summed E-state index contributed by atoms with van der Waals surface area (Å²) >= 11 is 11.8. The summed E-state index contributed by atoms with van der Waals surface area (Å²) in [5, 5.41) is 14.1. The minimum Gasteiger partial charge on any atom is -0.506 e. The van der Waals surface area contributed by atoms with Gasteiger partial charge in [-0.05, 0) is 30.3 Å². The fraction of sp³-hybridized carbons (Fsp3) is 0. The van der Waals surface area contributed by atoms with Gasteiger partial charge in [0.2, 0.25) is 5.82 Å². The van der Waals surface area contributed by atoms with E-state index in [0.29, 0.717) is 22.3 Å². The monoisotopic (exact) mass is 306 g/mol. The Morgan fingerprint density at radius 1 is 1.00 bits per heavy atom. The number of phenols is 1. The highest BCUT2D eigenvalue weighted by atomic mass is 35.5. The summed E-state index contributed by atoms with van der Waals surface area (Å²) in [5.74, 6) is 0.763. The van der Waals surface area contributed by atoms with E-state index >= 15 is 0 Å². The van der Waals surface area contributed by atoms with Gasteiger partial charge < -0.3 is 9.63 Å². The van der Waals surface area contributed by atoms with Crippen molar-refractivity contribution < 1.29 is 9.63 Å². The average Bonchev–Trinajstić information content (AvgIpc) is 2.92. The van der Waals surface area contributed by atoms with Crippen molar-refractivity contribution in [3.63, 3.8) is 0 Å². The highest BCUT2D eigenvalue weighted by Gasteiger charge is 2.12. The maximum atomic E-state index is 9.39. The summed E-state index contributed by atoms with van der Waals surface area (Å²) < 4.78 is 5.20. The Morgan fingerprint density at radius 2 is 1.85 bits per heavy atom. The van der Waals surface area contributed by atoms with Crippen LogP contribution in [0.3, 0.4) is 0 Å². The lowest BCUT2D eigenvalue weighted by Crippen LogP contribution is -1.81. The van der Waals surface area contributed by atoms with E-state index in [1.54, 1.807) is 24.3 Å². The Morgan fingerprint density at radius 3 is 2.60 bits per heavy atom. The molecule has 1 aromatic heterocycles. The second-order valence-corrected chi connectivity index (χ2v) is 4.94. The molecule has 3 rings (SSSR count). The van der Waals surface area contributed by atoms with Crippen molar-refractivity contribution in [1.29, 1.82) is 0 Å². The first-order valence-electron chi connectivity index (χ1n) is 5.72. The molecular weight excluding hydrogens is 299 g/mol. The van der Waals surface area contributed by atoms with Crippen LogP contribution in [0.1, 0.15) is 0 Å². The van der Waals surface area contributed by atoms with Crippen molar-refractivity contribution >= 4 is 23.2 Å². The van der Waals surface area contributed by atoms with Crippen LogP contribution in [-0.4, -0.2) is 15.2 Å². The number of aromatic hydroxyl groups is 1. The fourth-order valence-electron chi connectivity index (χ4n) is 1.73. The lowest BCUT2D eigenvalue weighted by molar-refractivity contribution is 0.432. The number of hydrogen-bond acceptors (Lipinski definition) is 4. The van der Waals surface area contributed by atoms with Crippen molar-refractivity contribution in [2.45, 2.75) is 0 Å². The lowest BCUT2D eigenvalue weighted by Gasteiger charge is -1.97. The van der Waals surface area contributed by atoms with E-state index in [1.165, 1.54) is 6.07 Å². The van der Waals surface area contributed by atoms with Gasteiger partial charge in [0.15, 0.2) is 0 Å². The third-order valence-electron chi connectivity index (χ3n) is 2.70. The predicted octanol–water partition coefficient (Wildman–Crippen LogP) is 4.42. The maximum Gasteiger partial charge on any atom is 0.258 e. The van der Waals surface area contributed by atoms with Crippen LogP contribution in [0.5, 0.6) is 5.75 Å². The van der Waals surface area contributed by atoms with Gasteiger partial charge in [-0.15, -0.1) is 0 Å². The molecule has 0 aliphatic rings. The molecule has 0 amide bonds. The molecule has 1 heterocycles. The fourth-order valence-corrected chi connectivity index (χ4v) is 2.10. The second-order valence-electron chi connectivity index (χ2n) is 4.10. The number of halogens is 2. The normalized spacial score (nSPS) is 10.7. The molecule has 100 valence electrons. The van der Waals surface area contributed by atoms with Gasteiger partial charge in [-0.3, -0.25) is 0 Å². The van der Waals surface area contributed by atoms with Crippen LogP contribution >= 0.6 is 23.2 Å². The van der Waals surface area contributed by atoms with Crippen LogP contribution in [0.15, 0.2) is 47.0 Å². The molecule has 20 heavy (non-hydrogen) atoms. The molecule has 6 heteroatoms. The van der Waals surface area contributed by atoms with Crippen LogP contribution in [0.2, 0.25) is 10.0 Å². The van der Waals surface area contributed by atoms with Crippen molar-refractivity contribution in [3.05, 3.63) is 52.5 Å². The summed E-state index contributed by atoms with van der Waals surface area (Å²) in [6, 6.07) is 11.9. The van der Waals surface area contributed by atoms with Crippen LogP contribution in [-0.2, 0) is 0 Å². The first-order valence-corrected chi connectivity index (χ1v) is 6.47. The highest BCUT2D eigenvalue weighted by molar-refractivity contribution is 6.32. The van der Waals surface area contributed by atoms with Gasteiger partial charge in [0.1, 0.15) is 5.75 Å². The molecule has 0 saturated heterocycles. The zero-order valence-corrected chi connectivity index (χ0v) is 11.6. The number of nitrogens with zero attached hydrogens (tertiary/aromatic N) is 2. The molecule has 2 aromatic carbocycles. The number of hydrogen-bond donors (Lipinski definition) is 1. The molecule has 0 spiro atoms. The maximum absolute atomic E-state index is 9.39. The Kier molecular flexibility index (Phi) is 3.34. The highest BCUT2D eigenvalue weighted by Crippen LogP contribution is 2.29. The summed E-state index contributed by atoms with van der Waals surface area (Å²) in [5.41, 5.74) is 1.39. The number of benzene rings is 2. The van der Waals surface area contributed by atoms with E-state index in [-0.39, 0.29) is 10.8 Å². The Balaban J connectivity index is 1.99. The van der Waals surface area contributed by atoms with Crippen LogP contribution in [0, 0.1) is 0 Å². The molecule has 0 aliphatic heterocycles. The number of rotatable bonds is 2. The summed E-state index contributed by atoms with van der Waals surface area (Å²) in [6.45, 7) is 0. The third kappa shape index (κ3) is 2.48. The molecular formula is C14H8Cl2N2O2. The molecule has 0 fully saturated rings. The third-order valence-corrected chi connectivity index (χ3v) is 3.24. The molecule has 1 N–H and O–H groups in total. The van der Waals surface area contributed by atoms with E-state index in [1.807, 2.05) is 12.1 Å². The van der Waals surface area contributed by atoms with Gasteiger partial charge in [0.25, 0.3) is 5.89 Å². The second kappa shape index (κ2) is 5.15. The first kappa shape index (κ1) is 13.0. The molecule has 0 aliphatic carbocycles. The van der Waals surface area contributed by atoms with E-state index in [4.69, 9.17) is 27.7 Å². The van der Waals surface area contributed by atoms with Crippen LogP contribution in [0.4, 0.5) is 0 Å². The zero-order chi connectivity index (χ0) is 14.1. The van der Waals surface area contributed by atoms with Gasteiger partial charge in [0.05, 0.1) is 5.02 Å². The van der Waals surface area contributed by atoms with Crippen LogP contribution < -0.4 is 0 Å². The minimum atomic E-state index is 0.00463. The van der Waals surface area contributed by atoms with Crippen molar-refractivity contribution in [2.75, 3.05) is 0 Å². The minimum absolute atomic E-state index is 0.00463. The Hall–Kier alpha value is -2.04. The lowest BCUT2D eigenvalue weighted by atomic mass is 10.2. The average molecular weight is 307 g/mol. The number of aromatic nitrogens is 2. The van der Waals surface area contributed by atoms with E-state index in [9.17, 15) is 5.11 Å². The molecule has 0 radical (unpaired) electrons. The van der Waals surface area contributed by atoms with Crippen LogP contribution in [0.25, 0.3) is 22.8 Å². The van der Waals surface area contributed by atoms with Crippen molar-refractivity contribution in [2.24, 2.45) is 0 Å². The summed E-state index contributed by atoms with van der Waals surface area (Å²) in [4.78, 5) is 4.29. The predicted molar refractivity (Wildman–Crippen MR) is 76.9 cm³/mol. The SMILES string of the molecule is Oc1ccc(-c2nc(-c3cccc(Cl)c3)no2)cc1Cl. The number of phenolic OH excluding ortho intramolecular Hbond substituents is 1. The molecule has 0 bridgehead atoms. The summed E-state index contributed by atoms with van der Waals surface area (Å²) in [6.07, 6.45) is 0. The van der Waals surface area contributed by atoms with Gasteiger partial charge >= 0.3 is 0 Å². The largest absolute Gasteiger partial charge is 0.506 e.